The Morgan fingerprint density at radius 1 is 1.21 bits per heavy atom. The summed E-state index contributed by atoms with van der Waals surface area (Å²) in [5.41, 5.74) is 2.43. The van der Waals surface area contributed by atoms with Crippen LogP contribution in [0.1, 0.15) is 25.8 Å². The Bertz CT molecular complexity index is 800. The van der Waals surface area contributed by atoms with Crippen LogP contribution in [0.4, 0.5) is 0 Å². The Morgan fingerprint density at radius 2 is 2.00 bits per heavy atom. The van der Waals surface area contributed by atoms with E-state index in [1.54, 1.807) is 6.20 Å². The molecule has 5 heteroatoms. The van der Waals surface area contributed by atoms with Crippen molar-refractivity contribution in [2.45, 2.75) is 33.4 Å². The van der Waals surface area contributed by atoms with Gasteiger partial charge in [0, 0.05) is 55.5 Å². The van der Waals surface area contributed by atoms with Gasteiger partial charge < -0.3 is 14.0 Å². The van der Waals surface area contributed by atoms with Crippen molar-refractivity contribution >= 4 is 16.8 Å². The van der Waals surface area contributed by atoms with Gasteiger partial charge in [0.2, 0.25) is 5.91 Å². The van der Waals surface area contributed by atoms with E-state index >= 15 is 0 Å². The molecule has 0 N–H and O–H groups in total. The maximum absolute atomic E-state index is 12.3. The molecule has 0 bridgehead atoms. The van der Waals surface area contributed by atoms with E-state index in [4.69, 9.17) is 0 Å². The van der Waals surface area contributed by atoms with Gasteiger partial charge in [0.1, 0.15) is 0 Å². The number of carbonyl (C=O) groups excluding carboxylic acids is 1. The molecule has 0 radical (unpaired) electrons. The molecule has 1 aromatic carbocycles. The molecule has 5 nitrogen and oxygen atoms in total. The molecule has 2 heterocycles. The van der Waals surface area contributed by atoms with Crippen molar-refractivity contribution in [1.82, 2.24) is 19.0 Å². The quantitative estimate of drug-likeness (QED) is 0.670. The van der Waals surface area contributed by atoms with Gasteiger partial charge in [-0.2, -0.15) is 0 Å². The zero-order chi connectivity index (χ0) is 16.9. The van der Waals surface area contributed by atoms with Crippen LogP contribution in [0.15, 0.2) is 49.2 Å². The summed E-state index contributed by atoms with van der Waals surface area (Å²) < 4.78 is 4.26. The molecule has 0 fully saturated rings. The number of benzene rings is 1. The lowest BCUT2D eigenvalue weighted by atomic mass is 10.2. The first-order valence-electron chi connectivity index (χ1n) is 8.53. The molecule has 0 atom stereocenters. The SMILES string of the molecule is CCN(CC)C(=O)CCn1cc(Cn2ccnc2)c2ccccc21. The Labute approximate surface area is 142 Å². The minimum absolute atomic E-state index is 0.217. The van der Waals surface area contributed by atoms with Gasteiger partial charge in [-0.05, 0) is 25.5 Å². The number of carbonyl (C=O) groups is 1. The summed E-state index contributed by atoms with van der Waals surface area (Å²) in [7, 11) is 0. The molecule has 0 spiro atoms. The number of aromatic nitrogens is 3. The van der Waals surface area contributed by atoms with Crippen LogP contribution in [0.2, 0.25) is 0 Å². The molecule has 0 unspecified atom stereocenters. The van der Waals surface area contributed by atoms with Crippen LogP contribution in [0.5, 0.6) is 0 Å². The van der Waals surface area contributed by atoms with Crippen LogP contribution >= 0.6 is 0 Å². The van der Waals surface area contributed by atoms with Gasteiger partial charge in [0.05, 0.1) is 12.9 Å². The Kier molecular flexibility index (Phi) is 4.99. The van der Waals surface area contributed by atoms with Crippen LogP contribution in [0.3, 0.4) is 0 Å². The Morgan fingerprint density at radius 3 is 2.71 bits per heavy atom. The predicted molar refractivity (Wildman–Crippen MR) is 95.8 cm³/mol. The third-order valence-electron chi connectivity index (χ3n) is 4.47. The molecule has 0 aliphatic rings. The zero-order valence-electron chi connectivity index (χ0n) is 14.4. The normalized spacial score (nSPS) is 11.1. The maximum atomic E-state index is 12.3. The van der Waals surface area contributed by atoms with Crippen molar-refractivity contribution in [2.24, 2.45) is 0 Å². The summed E-state index contributed by atoms with van der Waals surface area (Å²) in [6, 6.07) is 8.37. The van der Waals surface area contributed by atoms with Crippen LogP contribution in [0, 0.1) is 0 Å². The largest absolute Gasteiger partial charge is 0.347 e. The van der Waals surface area contributed by atoms with E-state index in [0.717, 1.165) is 19.6 Å². The number of rotatable bonds is 7. The maximum Gasteiger partial charge on any atom is 0.224 e. The van der Waals surface area contributed by atoms with E-state index in [9.17, 15) is 4.79 Å². The summed E-state index contributed by atoms with van der Waals surface area (Å²) in [6.45, 7) is 7.09. The van der Waals surface area contributed by atoms with E-state index < -0.39 is 0 Å². The fourth-order valence-corrected chi connectivity index (χ4v) is 3.16. The molecule has 1 amide bonds. The number of amides is 1. The van der Waals surface area contributed by atoms with Crippen LogP contribution in [0.25, 0.3) is 10.9 Å². The highest BCUT2D eigenvalue weighted by Gasteiger charge is 2.12. The molecule has 3 aromatic rings. The van der Waals surface area contributed by atoms with Crippen molar-refractivity contribution in [2.75, 3.05) is 13.1 Å². The lowest BCUT2D eigenvalue weighted by Crippen LogP contribution is -2.31. The first-order chi connectivity index (χ1) is 11.7. The lowest BCUT2D eigenvalue weighted by Gasteiger charge is -2.18. The van der Waals surface area contributed by atoms with Crippen molar-refractivity contribution in [3.05, 3.63) is 54.7 Å². The van der Waals surface area contributed by atoms with Crippen molar-refractivity contribution in [3.8, 4) is 0 Å². The average molecular weight is 324 g/mol. The highest BCUT2D eigenvalue weighted by atomic mass is 16.2. The second-order valence-corrected chi connectivity index (χ2v) is 5.92. The molecule has 3 rings (SSSR count). The van der Waals surface area contributed by atoms with Gasteiger partial charge in [-0.15, -0.1) is 0 Å². The number of fused-ring (bicyclic) bond motifs is 1. The van der Waals surface area contributed by atoms with Gasteiger partial charge >= 0.3 is 0 Å². The second kappa shape index (κ2) is 7.34. The van der Waals surface area contributed by atoms with Crippen molar-refractivity contribution < 1.29 is 4.79 Å². The van der Waals surface area contributed by atoms with Crippen LogP contribution in [-0.4, -0.2) is 38.0 Å². The Hall–Kier alpha value is -2.56. The summed E-state index contributed by atoms with van der Waals surface area (Å²) in [5, 5.41) is 1.24. The molecule has 24 heavy (non-hydrogen) atoms. The smallest absolute Gasteiger partial charge is 0.224 e. The van der Waals surface area contributed by atoms with Gasteiger partial charge in [-0.1, -0.05) is 18.2 Å². The molecule has 0 aliphatic heterocycles. The van der Waals surface area contributed by atoms with Gasteiger partial charge in [0.25, 0.3) is 0 Å². The van der Waals surface area contributed by atoms with Gasteiger partial charge in [-0.25, -0.2) is 4.98 Å². The minimum Gasteiger partial charge on any atom is -0.347 e. The molecular weight excluding hydrogens is 300 g/mol. The fraction of sp³-hybridized carbons (Fsp3) is 0.368. The number of hydrogen-bond donors (Lipinski definition) is 0. The van der Waals surface area contributed by atoms with Crippen LogP contribution < -0.4 is 0 Å². The predicted octanol–water partition coefficient (Wildman–Crippen LogP) is 3.14. The number of para-hydroxylation sites is 1. The van der Waals surface area contributed by atoms with E-state index in [1.807, 2.05) is 37.3 Å². The number of aryl methyl sites for hydroxylation is 1. The number of nitrogens with zero attached hydrogens (tertiary/aromatic N) is 4. The first kappa shape index (κ1) is 16.3. The zero-order valence-corrected chi connectivity index (χ0v) is 14.4. The minimum atomic E-state index is 0.217. The summed E-state index contributed by atoms with van der Waals surface area (Å²) in [5.74, 6) is 0.217. The van der Waals surface area contributed by atoms with E-state index in [2.05, 4.69) is 38.5 Å². The monoisotopic (exact) mass is 324 g/mol. The molecule has 0 aliphatic carbocycles. The van der Waals surface area contributed by atoms with Crippen molar-refractivity contribution in [1.29, 1.82) is 0 Å². The van der Waals surface area contributed by atoms with Crippen molar-refractivity contribution in [3.63, 3.8) is 0 Å². The summed E-state index contributed by atoms with van der Waals surface area (Å²) in [6.07, 6.45) is 8.29. The lowest BCUT2D eigenvalue weighted by molar-refractivity contribution is -0.131. The summed E-state index contributed by atoms with van der Waals surface area (Å²) >= 11 is 0. The van der Waals surface area contributed by atoms with E-state index in [0.29, 0.717) is 13.0 Å². The molecule has 0 saturated carbocycles. The number of imidazole rings is 1. The van der Waals surface area contributed by atoms with E-state index in [1.165, 1.54) is 16.5 Å². The Balaban J connectivity index is 1.82. The van der Waals surface area contributed by atoms with Gasteiger partial charge in [0.15, 0.2) is 0 Å². The third kappa shape index (κ3) is 3.35. The third-order valence-corrected chi connectivity index (χ3v) is 4.47. The van der Waals surface area contributed by atoms with E-state index in [-0.39, 0.29) is 5.91 Å². The fourth-order valence-electron chi connectivity index (χ4n) is 3.16. The first-order valence-corrected chi connectivity index (χ1v) is 8.53. The molecule has 0 saturated heterocycles. The topological polar surface area (TPSA) is 43.1 Å². The molecular formula is C19H24N4O. The standard InChI is InChI=1S/C19H24N4O/c1-3-22(4-2)19(24)9-11-23-14-16(13-21-12-10-20-15-21)17-7-5-6-8-18(17)23/h5-8,10,12,14-15H,3-4,9,11,13H2,1-2H3. The van der Waals surface area contributed by atoms with Gasteiger partial charge in [-0.3, -0.25) is 4.79 Å². The number of hydrogen-bond acceptors (Lipinski definition) is 2. The van der Waals surface area contributed by atoms with Crippen LogP contribution in [-0.2, 0) is 17.9 Å². The molecule has 2 aromatic heterocycles. The summed E-state index contributed by atoms with van der Waals surface area (Å²) in [4.78, 5) is 18.3. The highest BCUT2D eigenvalue weighted by Crippen LogP contribution is 2.22. The molecule has 126 valence electrons. The average Bonchev–Trinajstić information content (AvgIpc) is 3.23. The second-order valence-electron chi connectivity index (χ2n) is 5.92. The highest BCUT2D eigenvalue weighted by molar-refractivity contribution is 5.84.